The van der Waals surface area contributed by atoms with Crippen LogP contribution in [0.4, 0.5) is 0 Å². The van der Waals surface area contributed by atoms with Crippen molar-refractivity contribution in [3.05, 3.63) is 35.9 Å². The van der Waals surface area contributed by atoms with E-state index in [-0.39, 0.29) is 11.8 Å². The van der Waals surface area contributed by atoms with Crippen molar-refractivity contribution in [2.24, 2.45) is 11.7 Å². The van der Waals surface area contributed by atoms with Crippen LogP contribution in [0.2, 0.25) is 0 Å². The van der Waals surface area contributed by atoms with E-state index in [2.05, 4.69) is 10.6 Å². The van der Waals surface area contributed by atoms with Gasteiger partial charge < -0.3 is 26.4 Å². The summed E-state index contributed by atoms with van der Waals surface area (Å²) < 4.78 is 0. The molecule has 10 heteroatoms. The highest BCUT2D eigenvalue weighted by Crippen LogP contribution is 2.22. The van der Waals surface area contributed by atoms with Crippen molar-refractivity contribution in [2.75, 3.05) is 19.6 Å². The molecule has 0 spiro atoms. The Morgan fingerprint density at radius 3 is 2.31 bits per heavy atom. The van der Waals surface area contributed by atoms with Gasteiger partial charge >= 0.3 is 5.97 Å². The molecule has 2 unspecified atom stereocenters. The lowest BCUT2D eigenvalue weighted by Gasteiger charge is -2.35. The maximum atomic E-state index is 12.5. The summed E-state index contributed by atoms with van der Waals surface area (Å²) in [7, 11) is 0. The molecule has 32 heavy (non-hydrogen) atoms. The van der Waals surface area contributed by atoms with Crippen molar-refractivity contribution in [1.82, 2.24) is 15.5 Å². The molecule has 5 N–H and O–H groups in total. The van der Waals surface area contributed by atoms with Crippen LogP contribution in [0.25, 0.3) is 0 Å². The van der Waals surface area contributed by atoms with Crippen LogP contribution in [-0.2, 0) is 19.2 Å². The van der Waals surface area contributed by atoms with Crippen LogP contribution in [0.15, 0.2) is 30.3 Å². The van der Waals surface area contributed by atoms with Crippen LogP contribution in [0, 0.1) is 5.92 Å². The van der Waals surface area contributed by atoms with Crippen molar-refractivity contribution in [2.45, 2.75) is 44.7 Å². The molecule has 1 saturated heterocycles. The number of rotatable bonds is 10. The van der Waals surface area contributed by atoms with E-state index >= 15 is 0 Å². The molecule has 2 atom stereocenters. The molecular formula is C22H30N4O6. The number of Topliss-reactive ketones (excluding diaryl/α,β-unsaturated/α-hetero) is 1. The summed E-state index contributed by atoms with van der Waals surface area (Å²) >= 11 is 0. The van der Waals surface area contributed by atoms with Crippen LogP contribution in [0.1, 0.15) is 43.0 Å². The molecule has 1 heterocycles. The number of hydrogen-bond acceptors (Lipinski definition) is 6. The third-order valence-electron chi connectivity index (χ3n) is 5.47. The molecule has 1 aromatic carbocycles. The number of nitrogens with one attached hydrogen (secondary N) is 2. The number of hydrogen-bond donors (Lipinski definition) is 4. The molecular weight excluding hydrogens is 416 g/mol. The number of nitrogens with zero attached hydrogens (tertiary/aromatic N) is 1. The van der Waals surface area contributed by atoms with Gasteiger partial charge in [0.15, 0.2) is 0 Å². The largest absolute Gasteiger partial charge is 0.480 e. The zero-order valence-electron chi connectivity index (χ0n) is 18.1. The van der Waals surface area contributed by atoms with Gasteiger partial charge in [-0.1, -0.05) is 31.5 Å². The molecule has 174 valence electrons. The van der Waals surface area contributed by atoms with Gasteiger partial charge in [-0.3, -0.25) is 19.2 Å². The normalized spacial score (nSPS) is 16.0. The van der Waals surface area contributed by atoms with E-state index in [0.717, 1.165) is 0 Å². The third kappa shape index (κ3) is 6.88. The first-order valence-corrected chi connectivity index (χ1v) is 10.7. The summed E-state index contributed by atoms with van der Waals surface area (Å²) in [5, 5.41) is 14.2. The number of carbonyl (C=O) groups is 5. The molecule has 1 aliphatic heterocycles. The number of carboxylic acids is 1. The van der Waals surface area contributed by atoms with Gasteiger partial charge in [0.25, 0.3) is 11.8 Å². The number of carbonyl (C=O) groups excluding carboxylic acids is 4. The second-order valence-corrected chi connectivity index (χ2v) is 7.82. The Labute approximate surface area is 186 Å². The predicted molar refractivity (Wildman–Crippen MR) is 116 cm³/mol. The number of amides is 3. The first kappa shape index (κ1) is 25.0. The Morgan fingerprint density at radius 1 is 1.12 bits per heavy atom. The van der Waals surface area contributed by atoms with Gasteiger partial charge in [0, 0.05) is 18.7 Å². The zero-order valence-corrected chi connectivity index (χ0v) is 18.1. The highest BCUT2D eigenvalue weighted by molar-refractivity contribution is 6.38. The van der Waals surface area contributed by atoms with Crippen molar-refractivity contribution >= 4 is 29.5 Å². The number of carboxylic acid groups (broad SMARTS) is 1. The average Bonchev–Trinajstić information content (AvgIpc) is 2.80. The fourth-order valence-electron chi connectivity index (χ4n) is 3.66. The van der Waals surface area contributed by atoms with Crippen molar-refractivity contribution in [3.8, 4) is 0 Å². The molecule has 1 aromatic rings. The molecule has 1 aliphatic rings. The Hall–Kier alpha value is -3.27. The van der Waals surface area contributed by atoms with Crippen LogP contribution >= 0.6 is 0 Å². The Bertz CT molecular complexity index is 836. The molecule has 0 radical (unpaired) electrons. The molecule has 3 amide bonds. The van der Waals surface area contributed by atoms with Gasteiger partial charge in [-0.25, -0.2) is 4.79 Å². The Balaban J connectivity index is 1.85. The molecule has 10 nitrogen and oxygen atoms in total. The summed E-state index contributed by atoms with van der Waals surface area (Å²) in [5.41, 5.74) is 6.17. The van der Waals surface area contributed by atoms with Crippen molar-refractivity contribution < 1.29 is 29.1 Å². The highest BCUT2D eigenvalue weighted by Gasteiger charge is 2.34. The quantitative estimate of drug-likeness (QED) is 0.366. The highest BCUT2D eigenvalue weighted by atomic mass is 16.4. The predicted octanol–water partition coefficient (Wildman–Crippen LogP) is -0.0791. The number of nitrogens with two attached hydrogens (primary N) is 1. The third-order valence-corrected chi connectivity index (χ3v) is 5.47. The van der Waals surface area contributed by atoms with Crippen LogP contribution < -0.4 is 16.4 Å². The second kappa shape index (κ2) is 11.9. The molecule has 0 aromatic heterocycles. The first-order chi connectivity index (χ1) is 15.2. The van der Waals surface area contributed by atoms with Gasteiger partial charge in [-0.15, -0.1) is 0 Å². The van der Waals surface area contributed by atoms with Gasteiger partial charge in [-0.05, 0) is 37.3 Å². The number of ketones is 1. The van der Waals surface area contributed by atoms with E-state index in [1.807, 2.05) is 13.0 Å². The van der Waals surface area contributed by atoms with E-state index in [4.69, 9.17) is 5.73 Å². The van der Waals surface area contributed by atoms with E-state index in [9.17, 15) is 29.1 Å². The molecule has 0 bridgehead atoms. The SMILES string of the molecule is CCCC(N)C(=O)C(=O)NCC(=O)NC(C(=O)O)C1CCN(C(=O)c2ccccc2)CC1. The minimum absolute atomic E-state index is 0.117. The van der Waals surface area contributed by atoms with E-state index in [1.165, 1.54) is 0 Å². The summed E-state index contributed by atoms with van der Waals surface area (Å²) in [4.78, 5) is 61.8. The first-order valence-electron chi connectivity index (χ1n) is 10.7. The van der Waals surface area contributed by atoms with Crippen molar-refractivity contribution in [1.29, 1.82) is 0 Å². The van der Waals surface area contributed by atoms with Crippen molar-refractivity contribution in [3.63, 3.8) is 0 Å². The molecule has 0 aliphatic carbocycles. The van der Waals surface area contributed by atoms with Gasteiger partial charge in [0.2, 0.25) is 11.7 Å². The Kier molecular flexibility index (Phi) is 9.33. The summed E-state index contributed by atoms with van der Waals surface area (Å²) in [6.07, 6.45) is 1.81. The number of piperidine rings is 1. The lowest BCUT2D eigenvalue weighted by atomic mass is 9.89. The fraction of sp³-hybridized carbons (Fsp3) is 0.500. The monoisotopic (exact) mass is 446 g/mol. The smallest absolute Gasteiger partial charge is 0.326 e. The fourth-order valence-corrected chi connectivity index (χ4v) is 3.66. The molecule has 0 saturated carbocycles. The van der Waals surface area contributed by atoms with Gasteiger partial charge in [0.05, 0.1) is 12.6 Å². The average molecular weight is 447 g/mol. The number of benzene rings is 1. The molecule has 2 rings (SSSR count). The summed E-state index contributed by atoms with van der Waals surface area (Å²) in [6.45, 7) is 2.04. The van der Waals surface area contributed by atoms with Crippen LogP contribution in [0.3, 0.4) is 0 Å². The maximum absolute atomic E-state index is 12.5. The van der Waals surface area contributed by atoms with Gasteiger partial charge in [0.1, 0.15) is 6.04 Å². The van der Waals surface area contributed by atoms with Crippen LogP contribution in [0.5, 0.6) is 0 Å². The standard InChI is InChI=1S/C22H30N4O6/c1-2-6-16(23)19(28)20(29)24-13-17(27)25-18(22(31)32)14-9-11-26(12-10-14)21(30)15-7-4-3-5-8-15/h3-5,7-8,14,16,18H,2,6,9-13,23H2,1H3,(H,24,29)(H,25,27)(H,31,32). The van der Waals surface area contributed by atoms with Crippen LogP contribution in [-0.4, -0.2) is 71.2 Å². The number of aliphatic carboxylic acids is 1. The van der Waals surface area contributed by atoms with E-state index in [1.54, 1.807) is 29.2 Å². The minimum atomic E-state index is -1.20. The lowest BCUT2D eigenvalue weighted by molar-refractivity contribution is -0.144. The second-order valence-electron chi connectivity index (χ2n) is 7.82. The zero-order chi connectivity index (χ0) is 23.7. The number of likely N-dealkylation sites (tertiary alicyclic amines) is 1. The summed E-state index contributed by atoms with van der Waals surface area (Å²) in [5.74, 6) is -4.19. The Morgan fingerprint density at radius 2 is 1.75 bits per heavy atom. The lowest BCUT2D eigenvalue weighted by Crippen LogP contribution is -2.53. The summed E-state index contributed by atoms with van der Waals surface area (Å²) in [6, 6.07) is 6.73. The van der Waals surface area contributed by atoms with E-state index < -0.39 is 42.2 Å². The molecule has 1 fully saturated rings. The van der Waals surface area contributed by atoms with Gasteiger partial charge in [-0.2, -0.15) is 0 Å². The topological polar surface area (TPSA) is 159 Å². The maximum Gasteiger partial charge on any atom is 0.326 e. The minimum Gasteiger partial charge on any atom is -0.480 e. The van der Waals surface area contributed by atoms with E-state index in [0.29, 0.717) is 44.3 Å².